The lowest BCUT2D eigenvalue weighted by Gasteiger charge is -2.08. The van der Waals surface area contributed by atoms with E-state index in [4.69, 9.17) is 21.1 Å². The Morgan fingerprint density at radius 1 is 1.44 bits per heavy atom. The number of ether oxygens (including phenoxy) is 2. The van der Waals surface area contributed by atoms with Gasteiger partial charge in [0.05, 0.1) is 0 Å². The number of halogens is 1. The fourth-order valence-electron chi connectivity index (χ4n) is 0.884. The molecule has 0 fully saturated rings. The first-order valence-corrected chi connectivity index (χ1v) is 6.30. The molecule has 1 rings (SSSR count). The fourth-order valence-corrected chi connectivity index (χ4v) is 1.60. The van der Waals surface area contributed by atoms with Crippen molar-refractivity contribution < 1.29 is 14.3 Å². The Morgan fingerprint density at radius 3 is 2.75 bits per heavy atom. The average Bonchev–Trinajstić information content (AvgIpc) is 2.30. The first kappa shape index (κ1) is 13.2. The van der Waals surface area contributed by atoms with Crippen molar-refractivity contribution >= 4 is 29.5 Å². The largest absolute Gasteiger partial charge is 0.510 e. The van der Waals surface area contributed by atoms with Gasteiger partial charge in [0, 0.05) is 4.90 Å². The number of rotatable bonds is 5. The second-order valence-corrected chi connectivity index (χ2v) is 4.39. The fraction of sp³-hybridized carbons (Fsp3) is 0.364. The van der Waals surface area contributed by atoms with Crippen LogP contribution in [0.5, 0.6) is 0 Å². The highest BCUT2D eigenvalue weighted by Crippen LogP contribution is 2.17. The topological polar surface area (TPSA) is 35.5 Å². The van der Waals surface area contributed by atoms with Gasteiger partial charge in [-0.1, -0.05) is 48.5 Å². The van der Waals surface area contributed by atoms with E-state index in [0.717, 1.165) is 4.90 Å². The SMILES string of the molecule is CCC(Cl)OC(=O)OCSc1ccccc1. The van der Waals surface area contributed by atoms with Crippen molar-refractivity contribution in [2.45, 2.75) is 23.8 Å². The van der Waals surface area contributed by atoms with E-state index >= 15 is 0 Å². The van der Waals surface area contributed by atoms with Crippen molar-refractivity contribution in [3.8, 4) is 0 Å². The van der Waals surface area contributed by atoms with Crippen molar-refractivity contribution in [1.29, 1.82) is 0 Å². The summed E-state index contributed by atoms with van der Waals surface area (Å²) in [5.41, 5.74) is -0.616. The summed E-state index contributed by atoms with van der Waals surface area (Å²) in [5.74, 6) is 0.218. The molecule has 0 amide bonds. The third kappa shape index (κ3) is 5.28. The maximum atomic E-state index is 11.1. The molecule has 1 unspecified atom stereocenters. The monoisotopic (exact) mass is 260 g/mol. The molecule has 0 aromatic heterocycles. The summed E-state index contributed by atoms with van der Waals surface area (Å²) in [7, 11) is 0. The molecule has 0 bridgehead atoms. The number of benzene rings is 1. The summed E-state index contributed by atoms with van der Waals surface area (Å²) in [6.45, 7) is 1.82. The molecule has 3 nitrogen and oxygen atoms in total. The van der Waals surface area contributed by atoms with Crippen LogP contribution in [0.15, 0.2) is 35.2 Å². The molecular weight excluding hydrogens is 248 g/mol. The van der Waals surface area contributed by atoms with Crippen LogP contribution >= 0.6 is 23.4 Å². The zero-order valence-corrected chi connectivity index (χ0v) is 10.5. The first-order valence-electron chi connectivity index (χ1n) is 4.87. The predicted octanol–water partition coefficient (Wildman–Crippen LogP) is 3.86. The van der Waals surface area contributed by atoms with Crippen LogP contribution in [0.25, 0.3) is 0 Å². The van der Waals surface area contributed by atoms with Crippen LogP contribution in [0.4, 0.5) is 4.79 Å². The highest BCUT2D eigenvalue weighted by atomic mass is 35.5. The lowest BCUT2D eigenvalue weighted by Crippen LogP contribution is -2.13. The molecule has 0 saturated heterocycles. The van der Waals surface area contributed by atoms with Gasteiger partial charge < -0.3 is 9.47 Å². The summed E-state index contributed by atoms with van der Waals surface area (Å²) in [6.07, 6.45) is -0.173. The molecule has 0 spiro atoms. The Bertz CT molecular complexity index is 318. The normalized spacial score (nSPS) is 11.9. The second-order valence-electron chi connectivity index (χ2n) is 2.91. The van der Waals surface area contributed by atoms with E-state index in [9.17, 15) is 4.79 Å². The van der Waals surface area contributed by atoms with E-state index in [-0.39, 0.29) is 5.94 Å². The molecule has 0 radical (unpaired) electrons. The number of alkyl halides is 1. The number of hydrogen-bond acceptors (Lipinski definition) is 4. The van der Waals surface area contributed by atoms with Crippen molar-refractivity contribution in [2.24, 2.45) is 0 Å². The van der Waals surface area contributed by atoms with Crippen molar-refractivity contribution in [3.63, 3.8) is 0 Å². The van der Waals surface area contributed by atoms with Crippen LogP contribution in [0.1, 0.15) is 13.3 Å². The summed E-state index contributed by atoms with van der Waals surface area (Å²) in [5, 5.41) is 0. The Kier molecular flexibility index (Phi) is 6.11. The Morgan fingerprint density at radius 2 is 2.12 bits per heavy atom. The van der Waals surface area contributed by atoms with Crippen molar-refractivity contribution in [1.82, 2.24) is 0 Å². The van der Waals surface area contributed by atoms with E-state index in [1.807, 2.05) is 37.3 Å². The van der Waals surface area contributed by atoms with E-state index < -0.39 is 11.7 Å². The van der Waals surface area contributed by atoms with Gasteiger partial charge in [-0.15, -0.1) is 0 Å². The third-order valence-electron chi connectivity index (χ3n) is 1.69. The van der Waals surface area contributed by atoms with E-state index in [1.165, 1.54) is 11.8 Å². The Balaban J connectivity index is 2.18. The average molecular weight is 261 g/mol. The zero-order valence-electron chi connectivity index (χ0n) is 8.89. The van der Waals surface area contributed by atoms with Gasteiger partial charge in [-0.25, -0.2) is 4.79 Å². The lowest BCUT2D eigenvalue weighted by atomic mass is 10.4. The molecule has 1 aromatic rings. The van der Waals surface area contributed by atoms with Crippen LogP contribution in [0.3, 0.4) is 0 Å². The highest BCUT2D eigenvalue weighted by Gasteiger charge is 2.09. The van der Waals surface area contributed by atoms with Gasteiger partial charge in [-0.3, -0.25) is 0 Å². The number of carbonyl (C=O) groups excluding carboxylic acids is 1. The van der Waals surface area contributed by atoms with Gasteiger partial charge in [0.15, 0.2) is 5.56 Å². The van der Waals surface area contributed by atoms with Crippen LogP contribution in [-0.4, -0.2) is 17.7 Å². The minimum absolute atomic E-state index is 0.218. The quantitative estimate of drug-likeness (QED) is 0.349. The molecular formula is C11H13ClO3S. The molecule has 16 heavy (non-hydrogen) atoms. The molecule has 5 heteroatoms. The molecule has 0 N–H and O–H groups in total. The molecule has 0 aliphatic carbocycles. The highest BCUT2D eigenvalue weighted by molar-refractivity contribution is 7.99. The summed E-state index contributed by atoms with van der Waals surface area (Å²) >= 11 is 7.04. The molecule has 0 heterocycles. The van der Waals surface area contributed by atoms with Crippen molar-refractivity contribution in [3.05, 3.63) is 30.3 Å². The van der Waals surface area contributed by atoms with Gasteiger partial charge in [-0.05, 0) is 18.6 Å². The van der Waals surface area contributed by atoms with Gasteiger partial charge >= 0.3 is 6.16 Å². The number of thioether (sulfide) groups is 1. The smallest absolute Gasteiger partial charge is 0.423 e. The van der Waals surface area contributed by atoms with E-state index in [0.29, 0.717) is 6.42 Å². The van der Waals surface area contributed by atoms with E-state index in [1.54, 1.807) is 0 Å². The van der Waals surface area contributed by atoms with Crippen LogP contribution in [0.2, 0.25) is 0 Å². The van der Waals surface area contributed by atoms with Gasteiger partial charge in [0.25, 0.3) is 0 Å². The predicted molar refractivity (Wildman–Crippen MR) is 64.7 cm³/mol. The minimum Gasteiger partial charge on any atom is -0.423 e. The maximum absolute atomic E-state index is 11.1. The molecule has 0 aliphatic heterocycles. The zero-order chi connectivity index (χ0) is 11.8. The minimum atomic E-state index is -0.731. The van der Waals surface area contributed by atoms with Crippen LogP contribution in [0, 0.1) is 0 Å². The lowest BCUT2D eigenvalue weighted by molar-refractivity contribution is 0.0575. The molecule has 88 valence electrons. The second kappa shape index (κ2) is 7.41. The number of carbonyl (C=O) groups is 1. The van der Waals surface area contributed by atoms with Gasteiger partial charge in [0.1, 0.15) is 5.94 Å². The van der Waals surface area contributed by atoms with Crippen LogP contribution < -0.4 is 0 Å². The maximum Gasteiger partial charge on any atom is 0.510 e. The standard InChI is InChI=1S/C11H13ClO3S/c1-2-10(12)15-11(13)14-8-16-9-6-4-3-5-7-9/h3-7,10H,2,8H2,1H3. The first-order chi connectivity index (χ1) is 7.72. The molecule has 0 saturated carbocycles. The molecule has 0 aliphatic rings. The van der Waals surface area contributed by atoms with Crippen LogP contribution in [-0.2, 0) is 9.47 Å². The Hall–Kier alpha value is -0.870. The number of hydrogen-bond donors (Lipinski definition) is 0. The Labute approximate surface area is 104 Å². The summed E-state index contributed by atoms with van der Waals surface area (Å²) in [6, 6.07) is 9.66. The summed E-state index contributed by atoms with van der Waals surface area (Å²) in [4.78, 5) is 12.1. The van der Waals surface area contributed by atoms with Gasteiger partial charge in [0.2, 0.25) is 0 Å². The third-order valence-corrected chi connectivity index (χ3v) is 2.93. The van der Waals surface area contributed by atoms with Gasteiger partial charge in [-0.2, -0.15) is 0 Å². The molecule has 1 atom stereocenters. The summed E-state index contributed by atoms with van der Waals surface area (Å²) < 4.78 is 9.56. The van der Waals surface area contributed by atoms with Crippen molar-refractivity contribution in [2.75, 3.05) is 5.94 Å². The molecule has 1 aromatic carbocycles. The van der Waals surface area contributed by atoms with E-state index in [2.05, 4.69) is 0 Å².